The summed E-state index contributed by atoms with van der Waals surface area (Å²) in [4.78, 5) is 27.8. The Balaban J connectivity index is 1.52. The van der Waals surface area contributed by atoms with Crippen LogP contribution in [0.2, 0.25) is 5.02 Å². The summed E-state index contributed by atoms with van der Waals surface area (Å²) in [5.41, 5.74) is 3.75. The lowest BCUT2D eigenvalue weighted by Crippen LogP contribution is -2.17. The van der Waals surface area contributed by atoms with Crippen molar-refractivity contribution in [2.75, 3.05) is 5.32 Å². The maximum atomic E-state index is 12.6. The first kappa shape index (κ1) is 23.0. The summed E-state index contributed by atoms with van der Waals surface area (Å²) in [6.45, 7) is 3.41. The van der Waals surface area contributed by atoms with Crippen LogP contribution in [0, 0.1) is 6.92 Å². The highest BCUT2D eigenvalue weighted by Crippen LogP contribution is 2.32. The summed E-state index contributed by atoms with van der Waals surface area (Å²) < 4.78 is 10.8. The number of ether oxygens (including phenoxy) is 1. The average molecular weight is 478 g/mol. The highest BCUT2D eigenvalue weighted by atomic mass is 35.5. The van der Waals surface area contributed by atoms with Gasteiger partial charge in [-0.2, -0.15) is 0 Å². The van der Waals surface area contributed by atoms with Crippen LogP contribution in [0.25, 0.3) is 22.4 Å². The lowest BCUT2D eigenvalue weighted by atomic mass is 10.0. The second-order valence-electron chi connectivity index (χ2n) is 7.50. The molecule has 172 valence electrons. The van der Waals surface area contributed by atoms with E-state index >= 15 is 0 Å². The van der Waals surface area contributed by atoms with Gasteiger partial charge in [0, 0.05) is 34.1 Å². The van der Waals surface area contributed by atoms with Crippen LogP contribution in [-0.4, -0.2) is 27.3 Å². The van der Waals surface area contributed by atoms with Crippen molar-refractivity contribution in [1.82, 2.24) is 10.1 Å². The van der Waals surface area contributed by atoms with Crippen molar-refractivity contribution < 1.29 is 24.0 Å². The molecule has 0 aliphatic heterocycles. The predicted octanol–water partition coefficient (Wildman–Crippen LogP) is 6.37. The van der Waals surface area contributed by atoms with Gasteiger partial charge >= 0.3 is 12.1 Å². The highest BCUT2D eigenvalue weighted by molar-refractivity contribution is 6.31. The van der Waals surface area contributed by atoms with Gasteiger partial charge in [-0.3, -0.25) is 10.3 Å². The van der Waals surface area contributed by atoms with E-state index in [1.54, 1.807) is 56.4 Å². The fourth-order valence-corrected chi connectivity index (χ4v) is 3.70. The van der Waals surface area contributed by atoms with Crippen molar-refractivity contribution >= 4 is 29.4 Å². The molecule has 4 aromatic rings. The molecule has 0 radical (unpaired) electrons. The van der Waals surface area contributed by atoms with Crippen LogP contribution in [0.5, 0.6) is 0 Å². The monoisotopic (exact) mass is 477 g/mol. The van der Waals surface area contributed by atoms with E-state index in [4.69, 9.17) is 20.9 Å². The number of carboxylic acids is 1. The third-order valence-electron chi connectivity index (χ3n) is 5.19. The number of nitrogens with one attached hydrogen (secondary N) is 1. The number of hydrogen-bond donors (Lipinski definition) is 2. The number of amides is 1. The van der Waals surface area contributed by atoms with E-state index in [0.717, 1.165) is 5.56 Å². The van der Waals surface area contributed by atoms with E-state index in [1.165, 1.54) is 6.20 Å². The molecule has 0 bridgehead atoms. The summed E-state index contributed by atoms with van der Waals surface area (Å²) in [5.74, 6) is -0.629. The summed E-state index contributed by atoms with van der Waals surface area (Å²) in [6.07, 6.45) is 1.65. The molecule has 1 unspecified atom stereocenters. The normalized spacial score (nSPS) is 11.6. The fraction of sp³-hybridized carbons (Fsp3) is 0.120. The smallest absolute Gasteiger partial charge is 0.412 e. The lowest BCUT2D eigenvalue weighted by Gasteiger charge is -2.15. The highest BCUT2D eigenvalue weighted by Gasteiger charge is 2.20. The predicted molar refractivity (Wildman–Crippen MR) is 127 cm³/mol. The Labute approximate surface area is 200 Å². The second-order valence-corrected chi connectivity index (χ2v) is 7.91. The second kappa shape index (κ2) is 9.76. The Kier molecular flexibility index (Phi) is 6.60. The van der Waals surface area contributed by atoms with Crippen LogP contribution in [-0.2, 0) is 4.74 Å². The minimum absolute atomic E-state index is 0.102. The number of aromatic carboxylic acids is 1. The molecule has 2 aromatic heterocycles. The molecule has 0 aliphatic carbocycles. The van der Waals surface area contributed by atoms with Crippen LogP contribution in [0.15, 0.2) is 71.5 Å². The topological polar surface area (TPSA) is 115 Å². The molecule has 8 nitrogen and oxygen atoms in total. The number of nitrogens with zero attached hydrogens (tertiary/aromatic N) is 2. The molecular weight excluding hydrogens is 458 g/mol. The Bertz CT molecular complexity index is 1350. The van der Waals surface area contributed by atoms with Gasteiger partial charge in [0.1, 0.15) is 17.5 Å². The summed E-state index contributed by atoms with van der Waals surface area (Å²) in [6, 6.07) is 15.9. The minimum atomic E-state index is -1.05. The maximum absolute atomic E-state index is 12.6. The Morgan fingerprint density at radius 2 is 1.76 bits per heavy atom. The zero-order valence-corrected chi connectivity index (χ0v) is 19.0. The lowest BCUT2D eigenvalue weighted by molar-refractivity contribution is 0.0696. The minimum Gasteiger partial charge on any atom is -0.478 e. The molecule has 1 atom stereocenters. The third-order valence-corrected chi connectivity index (χ3v) is 5.54. The van der Waals surface area contributed by atoms with Crippen LogP contribution < -0.4 is 5.32 Å². The molecule has 2 N–H and O–H groups in total. The number of aromatic nitrogens is 2. The number of hydrogen-bond acceptors (Lipinski definition) is 6. The number of halogens is 1. The van der Waals surface area contributed by atoms with Crippen molar-refractivity contribution in [1.29, 1.82) is 0 Å². The van der Waals surface area contributed by atoms with E-state index in [1.807, 2.05) is 18.2 Å². The van der Waals surface area contributed by atoms with Gasteiger partial charge in [0.25, 0.3) is 0 Å². The number of carbonyl (C=O) groups excluding carboxylic acids is 1. The van der Waals surface area contributed by atoms with E-state index < -0.39 is 18.2 Å². The van der Waals surface area contributed by atoms with Crippen molar-refractivity contribution in [2.45, 2.75) is 20.0 Å². The Hall–Kier alpha value is -4.17. The van der Waals surface area contributed by atoms with Gasteiger partial charge < -0.3 is 14.4 Å². The first-order chi connectivity index (χ1) is 16.3. The molecule has 2 heterocycles. The van der Waals surface area contributed by atoms with Gasteiger partial charge in [0.15, 0.2) is 5.76 Å². The number of carboxylic acid groups (broad SMARTS) is 1. The molecule has 2 aromatic carbocycles. The Morgan fingerprint density at radius 1 is 1.06 bits per heavy atom. The van der Waals surface area contributed by atoms with Gasteiger partial charge in [0.05, 0.1) is 5.56 Å². The molecule has 4 rings (SSSR count). The number of carbonyl (C=O) groups is 2. The number of anilines is 1. The first-order valence-electron chi connectivity index (χ1n) is 10.3. The molecule has 0 fully saturated rings. The zero-order chi connectivity index (χ0) is 24.2. The molecule has 1 amide bonds. The zero-order valence-electron chi connectivity index (χ0n) is 18.3. The quantitative estimate of drug-likeness (QED) is 0.331. The van der Waals surface area contributed by atoms with Crippen LogP contribution in [0.1, 0.15) is 34.7 Å². The number of pyridine rings is 1. The van der Waals surface area contributed by atoms with Crippen molar-refractivity contribution in [3.63, 3.8) is 0 Å². The van der Waals surface area contributed by atoms with E-state index in [2.05, 4.69) is 15.5 Å². The first-order valence-corrected chi connectivity index (χ1v) is 10.7. The largest absolute Gasteiger partial charge is 0.478 e. The summed E-state index contributed by atoms with van der Waals surface area (Å²) in [7, 11) is 0. The maximum Gasteiger partial charge on any atom is 0.412 e. The van der Waals surface area contributed by atoms with Gasteiger partial charge in [-0.1, -0.05) is 59.2 Å². The molecule has 9 heteroatoms. The van der Waals surface area contributed by atoms with E-state index in [9.17, 15) is 14.7 Å². The fourth-order valence-electron chi connectivity index (χ4n) is 3.41. The Morgan fingerprint density at radius 3 is 2.47 bits per heavy atom. The van der Waals surface area contributed by atoms with Crippen molar-refractivity contribution in [3.8, 4) is 22.4 Å². The van der Waals surface area contributed by atoms with Gasteiger partial charge in [0.2, 0.25) is 0 Å². The summed E-state index contributed by atoms with van der Waals surface area (Å²) in [5, 5.41) is 16.5. The average Bonchev–Trinajstić information content (AvgIpc) is 3.19. The van der Waals surface area contributed by atoms with Crippen LogP contribution in [0.4, 0.5) is 10.5 Å². The van der Waals surface area contributed by atoms with Gasteiger partial charge in [-0.25, -0.2) is 9.59 Å². The molecule has 0 saturated carbocycles. The number of benzene rings is 2. The van der Waals surface area contributed by atoms with Crippen molar-refractivity contribution in [3.05, 3.63) is 88.9 Å². The van der Waals surface area contributed by atoms with Gasteiger partial charge in [-0.15, -0.1) is 0 Å². The van der Waals surface area contributed by atoms with E-state index in [-0.39, 0.29) is 5.56 Å². The van der Waals surface area contributed by atoms with Crippen LogP contribution in [0.3, 0.4) is 0 Å². The molecule has 34 heavy (non-hydrogen) atoms. The number of aryl methyl sites for hydroxylation is 1. The van der Waals surface area contributed by atoms with Crippen LogP contribution >= 0.6 is 11.6 Å². The standard InChI is InChI=1S/C25H20ClN3O5/c1-14(20-5-3-4-6-21(20)26)33-25(32)28-22-15(2)34-29-23(22)17-9-7-16(8-10-17)18-11-19(24(30)31)13-27-12-18/h3-14H,1-2H3,(H,28,32)(H,30,31). The molecule has 0 spiro atoms. The molecule has 0 aliphatic rings. The SMILES string of the molecule is Cc1onc(-c2ccc(-c3cncc(C(=O)O)c3)cc2)c1NC(=O)OC(C)c1ccccc1Cl. The van der Waals surface area contributed by atoms with Crippen molar-refractivity contribution in [2.24, 2.45) is 0 Å². The van der Waals surface area contributed by atoms with E-state index in [0.29, 0.717) is 38.9 Å². The molecular formula is C25H20ClN3O5. The molecule has 0 saturated heterocycles. The summed E-state index contributed by atoms with van der Waals surface area (Å²) >= 11 is 6.19. The van der Waals surface area contributed by atoms with Gasteiger partial charge in [-0.05, 0) is 31.5 Å². The number of rotatable bonds is 6. The third kappa shape index (κ3) is 4.92.